The molecule has 0 aliphatic carbocycles. The van der Waals surface area contributed by atoms with Crippen molar-refractivity contribution in [2.75, 3.05) is 18.5 Å². The molecule has 21 heavy (non-hydrogen) atoms. The molecule has 0 atom stereocenters. The maximum absolute atomic E-state index is 4.43. The molecule has 0 unspecified atom stereocenters. The molecule has 2 aromatic rings. The first kappa shape index (κ1) is 15.5. The van der Waals surface area contributed by atoms with Gasteiger partial charge in [0.15, 0.2) is 0 Å². The standard InChI is InChI=1S/C18H25N3/c1-5-19-11-17-12-20-15(3)10-18(17)21(4)13-16-8-6-7-14(2)9-16/h6-10,12,19H,5,11,13H2,1-4H3. The van der Waals surface area contributed by atoms with Crippen LogP contribution in [0.5, 0.6) is 0 Å². The minimum absolute atomic E-state index is 0.858. The minimum atomic E-state index is 0.858. The minimum Gasteiger partial charge on any atom is -0.370 e. The average Bonchev–Trinajstić information content (AvgIpc) is 2.46. The second-order valence-corrected chi connectivity index (χ2v) is 5.58. The quantitative estimate of drug-likeness (QED) is 0.880. The summed E-state index contributed by atoms with van der Waals surface area (Å²) in [6.45, 7) is 9.03. The Kier molecular flexibility index (Phi) is 5.34. The van der Waals surface area contributed by atoms with Gasteiger partial charge in [0, 0.05) is 43.3 Å². The molecule has 0 fully saturated rings. The Bertz CT molecular complexity index is 593. The van der Waals surface area contributed by atoms with E-state index in [1.165, 1.54) is 22.4 Å². The number of hydrogen-bond donors (Lipinski definition) is 1. The summed E-state index contributed by atoms with van der Waals surface area (Å²) < 4.78 is 0. The van der Waals surface area contributed by atoms with E-state index in [0.29, 0.717) is 0 Å². The fourth-order valence-corrected chi connectivity index (χ4v) is 2.49. The number of nitrogens with one attached hydrogen (secondary N) is 1. The third-order valence-electron chi connectivity index (χ3n) is 3.58. The van der Waals surface area contributed by atoms with E-state index >= 15 is 0 Å². The van der Waals surface area contributed by atoms with Gasteiger partial charge < -0.3 is 10.2 Å². The zero-order chi connectivity index (χ0) is 15.2. The molecular formula is C18H25N3. The first-order valence-corrected chi connectivity index (χ1v) is 7.53. The van der Waals surface area contributed by atoms with E-state index in [0.717, 1.165) is 25.3 Å². The van der Waals surface area contributed by atoms with Gasteiger partial charge >= 0.3 is 0 Å². The normalized spacial score (nSPS) is 10.7. The van der Waals surface area contributed by atoms with E-state index in [4.69, 9.17) is 0 Å². The second-order valence-electron chi connectivity index (χ2n) is 5.58. The number of aromatic nitrogens is 1. The van der Waals surface area contributed by atoms with E-state index in [1.807, 2.05) is 13.1 Å². The fourth-order valence-electron chi connectivity index (χ4n) is 2.49. The lowest BCUT2D eigenvalue weighted by molar-refractivity contribution is 0.720. The summed E-state index contributed by atoms with van der Waals surface area (Å²) >= 11 is 0. The van der Waals surface area contributed by atoms with Crippen molar-refractivity contribution in [3.8, 4) is 0 Å². The van der Waals surface area contributed by atoms with E-state index < -0.39 is 0 Å². The molecule has 0 spiro atoms. The van der Waals surface area contributed by atoms with Crippen LogP contribution in [0.1, 0.15) is 29.3 Å². The van der Waals surface area contributed by atoms with Gasteiger partial charge in [0.1, 0.15) is 0 Å². The molecule has 112 valence electrons. The molecule has 0 amide bonds. The van der Waals surface area contributed by atoms with E-state index in [9.17, 15) is 0 Å². The molecule has 1 heterocycles. The smallest absolute Gasteiger partial charge is 0.0445 e. The lowest BCUT2D eigenvalue weighted by atomic mass is 10.1. The second kappa shape index (κ2) is 7.23. The number of anilines is 1. The van der Waals surface area contributed by atoms with Gasteiger partial charge in [0.25, 0.3) is 0 Å². The summed E-state index contributed by atoms with van der Waals surface area (Å²) in [5.41, 5.74) is 6.20. The summed E-state index contributed by atoms with van der Waals surface area (Å²) in [5, 5.41) is 3.39. The molecule has 1 aromatic carbocycles. The van der Waals surface area contributed by atoms with Crippen LogP contribution < -0.4 is 10.2 Å². The summed E-state index contributed by atoms with van der Waals surface area (Å²) in [6, 6.07) is 10.9. The summed E-state index contributed by atoms with van der Waals surface area (Å²) in [4.78, 5) is 6.73. The Morgan fingerprint density at radius 2 is 2.00 bits per heavy atom. The lowest BCUT2D eigenvalue weighted by Crippen LogP contribution is -2.21. The molecule has 1 aromatic heterocycles. The molecule has 0 radical (unpaired) electrons. The zero-order valence-electron chi connectivity index (χ0n) is 13.5. The van der Waals surface area contributed by atoms with Crippen LogP contribution >= 0.6 is 0 Å². The van der Waals surface area contributed by atoms with Crippen LogP contribution in [0.3, 0.4) is 0 Å². The highest BCUT2D eigenvalue weighted by atomic mass is 15.1. The molecule has 1 N–H and O–H groups in total. The van der Waals surface area contributed by atoms with Crippen molar-refractivity contribution < 1.29 is 0 Å². The average molecular weight is 283 g/mol. The van der Waals surface area contributed by atoms with Crippen molar-refractivity contribution in [2.24, 2.45) is 0 Å². The summed E-state index contributed by atoms with van der Waals surface area (Å²) in [7, 11) is 2.15. The molecular weight excluding hydrogens is 258 g/mol. The Balaban J connectivity index is 2.20. The predicted molar refractivity (Wildman–Crippen MR) is 89.6 cm³/mol. The van der Waals surface area contributed by atoms with Crippen LogP contribution in [0.2, 0.25) is 0 Å². The number of rotatable bonds is 6. The van der Waals surface area contributed by atoms with Crippen molar-refractivity contribution in [3.63, 3.8) is 0 Å². The van der Waals surface area contributed by atoms with Crippen LogP contribution in [0.4, 0.5) is 5.69 Å². The summed E-state index contributed by atoms with van der Waals surface area (Å²) in [5.74, 6) is 0. The molecule has 2 rings (SSSR count). The molecule has 3 heteroatoms. The highest BCUT2D eigenvalue weighted by molar-refractivity contribution is 5.53. The lowest BCUT2D eigenvalue weighted by Gasteiger charge is -2.23. The van der Waals surface area contributed by atoms with E-state index in [2.05, 4.69) is 66.4 Å². The van der Waals surface area contributed by atoms with Gasteiger partial charge in [0.2, 0.25) is 0 Å². The van der Waals surface area contributed by atoms with Crippen molar-refractivity contribution >= 4 is 5.69 Å². The number of aryl methyl sites for hydroxylation is 2. The Morgan fingerprint density at radius 3 is 2.71 bits per heavy atom. The maximum Gasteiger partial charge on any atom is 0.0445 e. The molecule has 0 aliphatic rings. The Hall–Kier alpha value is -1.87. The number of pyridine rings is 1. The van der Waals surface area contributed by atoms with Crippen molar-refractivity contribution in [1.82, 2.24) is 10.3 Å². The zero-order valence-corrected chi connectivity index (χ0v) is 13.5. The number of hydrogen-bond acceptors (Lipinski definition) is 3. The maximum atomic E-state index is 4.43. The van der Waals surface area contributed by atoms with Crippen molar-refractivity contribution in [2.45, 2.75) is 33.9 Å². The topological polar surface area (TPSA) is 28.2 Å². The molecule has 0 saturated carbocycles. The highest BCUT2D eigenvalue weighted by Crippen LogP contribution is 2.22. The van der Waals surface area contributed by atoms with Crippen LogP contribution in [0.15, 0.2) is 36.5 Å². The molecule has 0 bridgehead atoms. The first-order chi connectivity index (χ1) is 10.1. The Labute approximate surface area is 128 Å². The van der Waals surface area contributed by atoms with Crippen molar-refractivity contribution in [1.29, 1.82) is 0 Å². The van der Waals surface area contributed by atoms with E-state index in [-0.39, 0.29) is 0 Å². The first-order valence-electron chi connectivity index (χ1n) is 7.53. The predicted octanol–water partition coefficient (Wildman–Crippen LogP) is 3.44. The largest absolute Gasteiger partial charge is 0.370 e. The van der Waals surface area contributed by atoms with Gasteiger partial charge in [-0.3, -0.25) is 4.98 Å². The van der Waals surface area contributed by atoms with E-state index in [1.54, 1.807) is 0 Å². The number of nitrogens with zero attached hydrogens (tertiary/aromatic N) is 2. The van der Waals surface area contributed by atoms with Gasteiger partial charge in [-0.05, 0) is 32.0 Å². The van der Waals surface area contributed by atoms with Crippen LogP contribution in [-0.2, 0) is 13.1 Å². The van der Waals surface area contributed by atoms with Gasteiger partial charge in [0.05, 0.1) is 0 Å². The highest BCUT2D eigenvalue weighted by Gasteiger charge is 2.09. The third kappa shape index (κ3) is 4.30. The fraction of sp³-hybridized carbons (Fsp3) is 0.389. The number of benzene rings is 1. The van der Waals surface area contributed by atoms with Gasteiger partial charge in [-0.1, -0.05) is 36.8 Å². The monoisotopic (exact) mass is 283 g/mol. The van der Waals surface area contributed by atoms with Crippen LogP contribution in [-0.4, -0.2) is 18.6 Å². The van der Waals surface area contributed by atoms with Gasteiger partial charge in [-0.15, -0.1) is 0 Å². The molecule has 0 saturated heterocycles. The SMILES string of the molecule is CCNCc1cnc(C)cc1N(C)Cc1cccc(C)c1. The Morgan fingerprint density at radius 1 is 1.19 bits per heavy atom. The third-order valence-corrected chi connectivity index (χ3v) is 3.58. The van der Waals surface area contributed by atoms with Crippen LogP contribution in [0, 0.1) is 13.8 Å². The van der Waals surface area contributed by atoms with Crippen molar-refractivity contribution in [3.05, 3.63) is 58.9 Å². The van der Waals surface area contributed by atoms with Crippen LogP contribution in [0.25, 0.3) is 0 Å². The molecule has 0 aliphatic heterocycles. The summed E-state index contributed by atoms with van der Waals surface area (Å²) in [6.07, 6.45) is 1.99. The molecule has 3 nitrogen and oxygen atoms in total. The van der Waals surface area contributed by atoms with Gasteiger partial charge in [-0.25, -0.2) is 0 Å². The van der Waals surface area contributed by atoms with Gasteiger partial charge in [-0.2, -0.15) is 0 Å².